The molecule has 0 saturated heterocycles. The monoisotopic (exact) mass is 474 g/mol. The lowest BCUT2D eigenvalue weighted by Crippen LogP contribution is -2.29. The Hall–Kier alpha value is -3.58. The fourth-order valence-corrected chi connectivity index (χ4v) is 6.13. The lowest BCUT2D eigenvalue weighted by molar-refractivity contribution is 0.0697. The van der Waals surface area contributed by atoms with Gasteiger partial charge in [-0.05, 0) is 84.8 Å². The van der Waals surface area contributed by atoms with Crippen molar-refractivity contribution in [2.24, 2.45) is 5.92 Å². The summed E-state index contributed by atoms with van der Waals surface area (Å²) in [6.07, 6.45) is 5.15. The lowest BCUT2D eigenvalue weighted by Gasteiger charge is -2.37. The van der Waals surface area contributed by atoms with Crippen LogP contribution in [0.1, 0.15) is 51.0 Å². The Kier molecular flexibility index (Phi) is 5.44. The third-order valence-corrected chi connectivity index (χ3v) is 8.37. The molecular weight excluding hydrogens is 448 g/mol. The second-order valence-corrected chi connectivity index (χ2v) is 10.7. The molecule has 0 amide bonds. The minimum atomic E-state index is -3.75. The maximum absolute atomic E-state index is 13.2. The van der Waals surface area contributed by atoms with E-state index in [-0.39, 0.29) is 28.3 Å². The maximum atomic E-state index is 13.2. The molecule has 0 saturated carbocycles. The molecule has 6 nitrogen and oxygen atoms in total. The number of hydrogen-bond donors (Lipinski definition) is 3. The van der Waals surface area contributed by atoms with Gasteiger partial charge in [0.1, 0.15) is 0 Å². The van der Waals surface area contributed by atoms with E-state index in [1.54, 1.807) is 30.3 Å². The predicted octanol–water partition coefficient (Wildman–Crippen LogP) is 5.63. The van der Waals surface area contributed by atoms with Gasteiger partial charge in [0.25, 0.3) is 10.0 Å². The Labute approximate surface area is 199 Å². The summed E-state index contributed by atoms with van der Waals surface area (Å²) >= 11 is 0. The van der Waals surface area contributed by atoms with Gasteiger partial charge in [-0.2, -0.15) is 0 Å². The molecule has 1 aliphatic heterocycles. The van der Waals surface area contributed by atoms with Crippen LogP contribution in [0.15, 0.2) is 77.7 Å². The molecule has 5 rings (SSSR count). The average Bonchev–Trinajstić information content (AvgIpc) is 3.31. The largest absolute Gasteiger partial charge is 0.478 e. The van der Waals surface area contributed by atoms with Gasteiger partial charge in [-0.15, -0.1) is 0 Å². The van der Waals surface area contributed by atoms with Crippen molar-refractivity contribution >= 4 is 27.4 Å². The summed E-state index contributed by atoms with van der Waals surface area (Å²) in [5, 5.41) is 12.8. The van der Waals surface area contributed by atoms with Crippen molar-refractivity contribution < 1.29 is 18.3 Å². The number of anilines is 2. The van der Waals surface area contributed by atoms with Gasteiger partial charge < -0.3 is 10.4 Å². The summed E-state index contributed by atoms with van der Waals surface area (Å²) in [6, 6.07) is 17.8. The number of carboxylic acids is 1. The minimum Gasteiger partial charge on any atom is -0.478 e. The molecular formula is C27H26N2O4S. The summed E-state index contributed by atoms with van der Waals surface area (Å²) in [5.41, 5.74) is 5.64. The van der Waals surface area contributed by atoms with E-state index in [4.69, 9.17) is 0 Å². The molecule has 34 heavy (non-hydrogen) atoms. The molecule has 0 unspecified atom stereocenters. The Morgan fingerprint density at radius 1 is 1.06 bits per heavy atom. The van der Waals surface area contributed by atoms with E-state index >= 15 is 0 Å². The van der Waals surface area contributed by atoms with Crippen LogP contribution in [0, 0.1) is 19.8 Å². The van der Waals surface area contributed by atoms with Crippen molar-refractivity contribution in [2.75, 3.05) is 10.0 Å². The fourth-order valence-electron chi connectivity index (χ4n) is 4.97. The van der Waals surface area contributed by atoms with Crippen molar-refractivity contribution in [2.45, 2.75) is 37.1 Å². The number of benzene rings is 3. The van der Waals surface area contributed by atoms with Gasteiger partial charge in [0, 0.05) is 11.6 Å². The molecule has 0 fully saturated rings. The molecule has 0 spiro atoms. The van der Waals surface area contributed by atoms with Gasteiger partial charge >= 0.3 is 5.97 Å². The van der Waals surface area contributed by atoms with Crippen LogP contribution < -0.4 is 10.0 Å². The van der Waals surface area contributed by atoms with Crippen LogP contribution in [0.25, 0.3) is 0 Å². The van der Waals surface area contributed by atoms with E-state index in [0.29, 0.717) is 5.69 Å². The molecule has 3 aromatic carbocycles. The number of hydrogen-bond acceptors (Lipinski definition) is 4. The second kappa shape index (κ2) is 8.33. The van der Waals surface area contributed by atoms with E-state index in [1.807, 2.05) is 44.2 Å². The normalized spacial score (nSPS) is 20.8. The van der Waals surface area contributed by atoms with Gasteiger partial charge in [0.15, 0.2) is 0 Å². The summed E-state index contributed by atoms with van der Waals surface area (Å²) in [5.74, 6) is -0.651. The van der Waals surface area contributed by atoms with Crippen molar-refractivity contribution in [3.05, 3.63) is 101 Å². The highest BCUT2D eigenvalue weighted by Crippen LogP contribution is 2.50. The zero-order valence-corrected chi connectivity index (χ0v) is 19.8. The first-order chi connectivity index (χ1) is 16.2. The minimum absolute atomic E-state index is 0.00544. The zero-order chi connectivity index (χ0) is 24.0. The standard InChI is InChI=1S/C27H26N2O4S/c1-16-5-3-8-24(17(16)2)29-34(32,33)20-13-14-25-23(15-20)21-6-4-7-22(21)26(28-25)18-9-11-19(12-10-18)27(30)31/h3-6,8-15,21-22,26,28-29H,7H2,1-2H3,(H,30,31)/t21-,22+,26+/m1/s1. The van der Waals surface area contributed by atoms with E-state index in [2.05, 4.69) is 22.2 Å². The van der Waals surface area contributed by atoms with Gasteiger partial charge in [0.05, 0.1) is 22.2 Å². The van der Waals surface area contributed by atoms with Crippen molar-refractivity contribution in [1.29, 1.82) is 0 Å². The highest BCUT2D eigenvalue weighted by Gasteiger charge is 2.38. The Balaban J connectivity index is 1.47. The highest BCUT2D eigenvalue weighted by atomic mass is 32.2. The number of nitrogens with one attached hydrogen (secondary N) is 2. The molecule has 3 atom stereocenters. The predicted molar refractivity (Wildman–Crippen MR) is 133 cm³/mol. The van der Waals surface area contributed by atoms with E-state index in [9.17, 15) is 18.3 Å². The molecule has 174 valence electrons. The number of aryl methyl sites for hydroxylation is 1. The Bertz CT molecular complexity index is 1410. The van der Waals surface area contributed by atoms with Crippen LogP contribution in [-0.4, -0.2) is 19.5 Å². The van der Waals surface area contributed by atoms with Crippen LogP contribution in [-0.2, 0) is 10.0 Å². The summed E-state index contributed by atoms with van der Waals surface area (Å²) in [4.78, 5) is 11.5. The van der Waals surface area contributed by atoms with Crippen LogP contribution in [0.2, 0.25) is 0 Å². The summed E-state index contributed by atoms with van der Waals surface area (Å²) in [6.45, 7) is 3.86. The number of aromatic carboxylic acids is 1. The average molecular weight is 475 g/mol. The van der Waals surface area contributed by atoms with E-state index in [0.717, 1.165) is 34.4 Å². The molecule has 0 bridgehead atoms. The molecule has 0 aromatic heterocycles. The van der Waals surface area contributed by atoms with E-state index in [1.165, 1.54) is 0 Å². The Morgan fingerprint density at radius 2 is 1.82 bits per heavy atom. The smallest absolute Gasteiger partial charge is 0.335 e. The topological polar surface area (TPSA) is 95.5 Å². The van der Waals surface area contributed by atoms with Gasteiger partial charge in [-0.1, -0.05) is 36.4 Å². The first-order valence-corrected chi connectivity index (χ1v) is 12.7. The number of rotatable bonds is 5. The van der Waals surface area contributed by atoms with Crippen molar-refractivity contribution in [3.63, 3.8) is 0 Å². The molecule has 0 radical (unpaired) electrons. The quantitative estimate of drug-likeness (QED) is 0.417. The third-order valence-electron chi connectivity index (χ3n) is 7.01. The first-order valence-electron chi connectivity index (χ1n) is 11.2. The number of fused-ring (bicyclic) bond motifs is 3. The SMILES string of the molecule is Cc1cccc(NS(=O)(=O)c2ccc3c(c2)[C@@H]2C=CC[C@@H]2[C@H](c2ccc(C(=O)O)cc2)N3)c1C. The number of sulfonamides is 1. The van der Waals surface area contributed by atoms with Crippen LogP contribution in [0.4, 0.5) is 11.4 Å². The molecule has 7 heteroatoms. The number of carbonyl (C=O) groups is 1. The summed E-state index contributed by atoms with van der Waals surface area (Å²) < 4.78 is 29.2. The first kappa shape index (κ1) is 22.2. The molecule has 1 aliphatic carbocycles. The van der Waals surface area contributed by atoms with Gasteiger partial charge in [-0.3, -0.25) is 4.72 Å². The van der Waals surface area contributed by atoms with Crippen LogP contribution in [0.5, 0.6) is 0 Å². The van der Waals surface area contributed by atoms with Crippen LogP contribution in [0.3, 0.4) is 0 Å². The third kappa shape index (κ3) is 3.86. The highest BCUT2D eigenvalue weighted by molar-refractivity contribution is 7.92. The number of carboxylic acid groups (broad SMARTS) is 1. The van der Waals surface area contributed by atoms with Gasteiger partial charge in [0.2, 0.25) is 0 Å². The van der Waals surface area contributed by atoms with Gasteiger partial charge in [-0.25, -0.2) is 13.2 Å². The van der Waals surface area contributed by atoms with Crippen LogP contribution >= 0.6 is 0 Å². The Morgan fingerprint density at radius 3 is 2.56 bits per heavy atom. The summed E-state index contributed by atoms with van der Waals surface area (Å²) in [7, 11) is -3.75. The zero-order valence-electron chi connectivity index (χ0n) is 18.9. The molecule has 1 heterocycles. The molecule has 2 aliphatic rings. The van der Waals surface area contributed by atoms with E-state index < -0.39 is 16.0 Å². The van der Waals surface area contributed by atoms with Crippen molar-refractivity contribution in [1.82, 2.24) is 0 Å². The molecule has 3 N–H and O–H groups in total. The maximum Gasteiger partial charge on any atom is 0.335 e. The molecule has 3 aromatic rings. The second-order valence-electron chi connectivity index (χ2n) is 9.00. The lowest BCUT2D eigenvalue weighted by atomic mass is 9.77. The van der Waals surface area contributed by atoms with Crippen molar-refractivity contribution in [3.8, 4) is 0 Å². The number of allylic oxidation sites excluding steroid dienone is 2. The fraction of sp³-hybridized carbons (Fsp3) is 0.222.